The molecule has 1 N–H and O–H groups in total. The molecule has 156 valence electrons. The Labute approximate surface area is 176 Å². The molecule has 3 aromatic rings. The summed E-state index contributed by atoms with van der Waals surface area (Å²) in [5.74, 6) is 1.33. The van der Waals surface area contributed by atoms with Crippen molar-refractivity contribution < 1.29 is 9.21 Å². The third kappa shape index (κ3) is 3.60. The van der Waals surface area contributed by atoms with E-state index in [1.165, 1.54) is 5.69 Å². The van der Waals surface area contributed by atoms with Gasteiger partial charge in [-0.25, -0.2) is 4.98 Å². The average molecular weight is 406 g/mol. The number of nitrogens with one attached hydrogen (secondary N) is 1. The highest BCUT2D eigenvalue weighted by Crippen LogP contribution is 2.40. The van der Waals surface area contributed by atoms with Crippen molar-refractivity contribution >= 4 is 28.5 Å². The van der Waals surface area contributed by atoms with E-state index in [-0.39, 0.29) is 11.4 Å². The molecule has 30 heavy (non-hydrogen) atoms. The highest BCUT2D eigenvalue weighted by atomic mass is 16.3. The monoisotopic (exact) mass is 405 g/mol. The van der Waals surface area contributed by atoms with E-state index in [0.29, 0.717) is 34.9 Å². The van der Waals surface area contributed by atoms with Gasteiger partial charge in [-0.2, -0.15) is 4.98 Å². The van der Waals surface area contributed by atoms with Crippen LogP contribution >= 0.6 is 0 Å². The van der Waals surface area contributed by atoms with Gasteiger partial charge in [0.1, 0.15) is 17.9 Å². The van der Waals surface area contributed by atoms with Gasteiger partial charge in [-0.3, -0.25) is 4.79 Å². The van der Waals surface area contributed by atoms with Crippen LogP contribution < -0.4 is 10.2 Å². The van der Waals surface area contributed by atoms with Crippen LogP contribution in [0, 0.1) is 6.92 Å². The molecule has 1 aliphatic carbocycles. The Morgan fingerprint density at radius 3 is 2.67 bits per heavy atom. The third-order valence-corrected chi connectivity index (χ3v) is 6.10. The van der Waals surface area contributed by atoms with Gasteiger partial charge < -0.3 is 19.5 Å². The number of anilines is 2. The molecular formula is C23H27N5O2. The predicted molar refractivity (Wildman–Crippen MR) is 117 cm³/mol. The summed E-state index contributed by atoms with van der Waals surface area (Å²) in [5.41, 5.74) is 2.27. The van der Waals surface area contributed by atoms with Crippen LogP contribution in [0.2, 0.25) is 0 Å². The van der Waals surface area contributed by atoms with Gasteiger partial charge in [-0.1, -0.05) is 18.2 Å². The first kappa shape index (κ1) is 18.9. The Balaban J connectivity index is 1.41. The molecule has 0 bridgehead atoms. The molecule has 1 aliphatic heterocycles. The summed E-state index contributed by atoms with van der Waals surface area (Å²) in [5, 5.41) is 4.21. The number of furan rings is 1. The average Bonchev–Trinajstić information content (AvgIpc) is 3.39. The zero-order chi connectivity index (χ0) is 20.7. The van der Waals surface area contributed by atoms with Gasteiger partial charge in [0.2, 0.25) is 5.71 Å². The highest BCUT2D eigenvalue weighted by Gasteiger charge is 2.38. The minimum absolute atomic E-state index is 0.0138. The number of aryl methyl sites for hydroxylation is 1. The van der Waals surface area contributed by atoms with Crippen LogP contribution in [0.4, 0.5) is 11.5 Å². The molecule has 0 spiro atoms. The number of benzene rings is 1. The third-order valence-electron chi connectivity index (χ3n) is 6.10. The standard InChI is InChI=1S/C23H27N5O2/c1-16-24-20(26-23(2)9-10-23)19-18(15-30-21(19)25-16)22(29)28-12-6-11-27(13-14-28)17-7-4-3-5-8-17/h3-5,7-8,15H,6,9-14H2,1-2H3,(H,24,25,26). The van der Waals surface area contributed by atoms with Gasteiger partial charge in [0.25, 0.3) is 5.91 Å². The summed E-state index contributed by atoms with van der Waals surface area (Å²) >= 11 is 0. The van der Waals surface area contributed by atoms with Gasteiger partial charge in [0.05, 0.1) is 10.9 Å². The van der Waals surface area contributed by atoms with Crippen molar-refractivity contribution in [1.29, 1.82) is 0 Å². The first-order chi connectivity index (χ1) is 14.5. The van der Waals surface area contributed by atoms with Gasteiger partial charge in [-0.05, 0) is 45.2 Å². The van der Waals surface area contributed by atoms with E-state index < -0.39 is 0 Å². The second kappa shape index (κ2) is 7.31. The fourth-order valence-corrected chi connectivity index (χ4v) is 4.08. The number of fused-ring (bicyclic) bond motifs is 1. The number of para-hydroxylation sites is 1. The summed E-state index contributed by atoms with van der Waals surface area (Å²) in [4.78, 5) is 26.7. The fourth-order valence-electron chi connectivity index (χ4n) is 4.08. The van der Waals surface area contributed by atoms with Crippen LogP contribution in [0.5, 0.6) is 0 Å². The van der Waals surface area contributed by atoms with E-state index in [1.54, 1.807) is 6.26 Å². The molecule has 1 saturated heterocycles. The molecular weight excluding hydrogens is 378 g/mol. The molecule has 0 radical (unpaired) electrons. The van der Waals surface area contributed by atoms with Crippen molar-refractivity contribution in [3.8, 4) is 0 Å². The predicted octanol–water partition coefficient (Wildman–Crippen LogP) is 3.85. The lowest BCUT2D eigenvalue weighted by Gasteiger charge is -2.23. The molecule has 0 atom stereocenters. The van der Waals surface area contributed by atoms with Crippen LogP contribution in [-0.2, 0) is 0 Å². The Morgan fingerprint density at radius 1 is 1.10 bits per heavy atom. The second-order valence-electron chi connectivity index (χ2n) is 8.60. The molecule has 7 heteroatoms. The van der Waals surface area contributed by atoms with Gasteiger partial charge in [0, 0.05) is 37.4 Å². The summed E-state index contributed by atoms with van der Waals surface area (Å²) in [6, 6.07) is 10.4. The minimum atomic E-state index is -0.0138. The van der Waals surface area contributed by atoms with E-state index in [4.69, 9.17) is 4.42 Å². The van der Waals surface area contributed by atoms with Gasteiger partial charge >= 0.3 is 0 Å². The number of rotatable bonds is 4. The lowest BCUT2D eigenvalue weighted by molar-refractivity contribution is 0.0768. The number of amides is 1. The Hall–Kier alpha value is -3.09. The number of hydrogen-bond donors (Lipinski definition) is 1. The zero-order valence-electron chi connectivity index (χ0n) is 17.5. The van der Waals surface area contributed by atoms with Gasteiger partial charge in [0.15, 0.2) is 0 Å². The van der Waals surface area contributed by atoms with Crippen molar-refractivity contribution in [2.45, 2.75) is 38.6 Å². The molecule has 1 saturated carbocycles. The molecule has 1 amide bonds. The smallest absolute Gasteiger partial charge is 0.258 e. The molecule has 2 aliphatic rings. The molecule has 3 heterocycles. The molecule has 2 aromatic heterocycles. The maximum atomic E-state index is 13.5. The van der Waals surface area contributed by atoms with Crippen LogP contribution in [0.25, 0.3) is 11.1 Å². The maximum absolute atomic E-state index is 13.5. The van der Waals surface area contributed by atoms with E-state index in [9.17, 15) is 4.79 Å². The van der Waals surface area contributed by atoms with E-state index in [1.807, 2.05) is 17.9 Å². The SMILES string of the molecule is Cc1nc(NC2(C)CC2)c2c(C(=O)N3CCCN(c4ccccc4)CC3)coc2n1. The summed E-state index contributed by atoms with van der Waals surface area (Å²) in [6.07, 6.45) is 4.66. The molecule has 7 nitrogen and oxygen atoms in total. The molecule has 1 aromatic carbocycles. The summed E-state index contributed by atoms with van der Waals surface area (Å²) < 4.78 is 5.69. The lowest BCUT2D eigenvalue weighted by Crippen LogP contribution is -2.35. The van der Waals surface area contributed by atoms with E-state index in [2.05, 4.69) is 51.4 Å². The van der Waals surface area contributed by atoms with Crippen molar-refractivity contribution in [2.24, 2.45) is 0 Å². The summed E-state index contributed by atoms with van der Waals surface area (Å²) in [7, 11) is 0. The number of aromatic nitrogens is 2. The Kier molecular flexibility index (Phi) is 4.60. The molecule has 2 fully saturated rings. The molecule has 5 rings (SSSR count). The normalized spacial score (nSPS) is 18.3. The largest absolute Gasteiger partial charge is 0.445 e. The Bertz CT molecular complexity index is 1070. The number of nitrogens with zero attached hydrogens (tertiary/aromatic N) is 4. The van der Waals surface area contributed by atoms with Crippen molar-refractivity contribution in [3.05, 3.63) is 48.0 Å². The van der Waals surface area contributed by atoms with Gasteiger partial charge in [-0.15, -0.1) is 0 Å². The highest BCUT2D eigenvalue weighted by molar-refractivity contribution is 6.09. The first-order valence-electron chi connectivity index (χ1n) is 10.7. The topological polar surface area (TPSA) is 74.5 Å². The van der Waals surface area contributed by atoms with Crippen LogP contribution in [0.3, 0.4) is 0 Å². The quantitative estimate of drug-likeness (QED) is 0.711. The first-order valence-corrected chi connectivity index (χ1v) is 10.7. The maximum Gasteiger partial charge on any atom is 0.258 e. The van der Waals surface area contributed by atoms with E-state index in [0.717, 1.165) is 38.9 Å². The minimum Gasteiger partial charge on any atom is -0.445 e. The van der Waals surface area contributed by atoms with Crippen molar-refractivity contribution in [3.63, 3.8) is 0 Å². The number of carbonyl (C=O) groups is 1. The van der Waals surface area contributed by atoms with Crippen LogP contribution in [0.1, 0.15) is 42.4 Å². The van der Waals surface area contributed by atoms with E-state index >= 15 is 0 Å². The zero-order valence-corrected chi connectivity index (χ0v) is 17.5. The van der Waals surface area contributed by atoms with Crippen LogP contribution in [0.15, 0.2) is 41.0 Å². The number of hydrogen-bond acceptors (Lipinski definition) is 6. The summed E-state index contributed by atoms with van der Waals surface area (Å²) in [6.45, 7) is 7.16. The Morgan fingerprint density at radius 2 is 1.90 bits per heavy atom. The van der Waals surface area contributed by atoms with Crippen LogP contribution in [-0.4, -0.2) is 52.5 Å². The molecule has 0 unspecified atom stereocenters. The lowest BCUT2D eigenvalue weighted by atomic mass is 10.2. The van der Waals surface area contributed by atoms with Crippen molar-refractivity contribution in [2.75, 3.05) is 36.4 Å². The second-order valence-corrected chi connectivity index (χ2v) is 8.60. The number of carbonyl (C=O) groups excluding carboxylic acids is 1. The fraction of sp³-hybridized carbons (Fsp3) is 0.435. The van der Waals surface area contributed by atoms with Crippen molar-refractivity contribution in [1.82, 2.24) is 14.9 Å².